The van der Waals surface area contributed by atoms with E-state index in [2.05, 4.69) is 49.4 Å². The summed E-state index contributed by atoms with van der Waals surface area (Å²) in [5, 5.41) is 0. The minimum absolute atomic E-state index is 0.260. The molecule has 102 valence electrons. The van der Waals surface area contributed by atoms with Crippen LogP contribution in [-0.4, -0.2) is 12.6 Å². The quantitative estimate of drug-likeness (QED) is 0.774. The predicted molar refractivity (Wildman–Crippen MR) is 82.3 cm³/mol. The summed E-state index contributed by atoms with van der Waals surface area (Å²) in [5.74, 6) is -0.260. The highest BCUT2D eigenvalue weighted by atomic mass is 16.5. The smallest absolute Gasteiger partial charge is 0.302 e. The van der Waals surface area contributed by atoms with Crippen molar-refractivity contribution in [3.8, 4) is 11.1 Å². The molecule has 0 aromatic heterocycles. The second kappa shape index (κ2) is 6.71. The Kier molecular flexibility index (Phi) is 4.72. The molecule has 2 heteroatoms. The van der Waals surface area contributed by atoms with Crippen LogP contribution in [0.5, 0.6) is 0 Å². The Morgan fingerprint density at radius 1 is 1.10 bits per heavy atom. The summed E-state index contributed by atoms with van der Waals surface area (Å²) in [6.07, 6.45) is 3.79. The molecule has 2 nitrogen and oxygen atoms in total. The molecule has 0 amide bonds. The second-order valence-corrected chi connectivity index (χ2v) is 4.64. The van der Waals surface area contributed by atoms with E-state index in [1.165, 1.54) is 23.6 Å². The molecule has 0 atom stereocenters. The third kappa shape index (κ3) is 3.82. The lowest BCUT2D eigenvalue weighted by atomic mass is 9.99. The first kappa shape index (κ1) is 14.1. The van der Waals surface area contributed by atoms with Gasteiger partial charge >= 0.3 is 5.97 Å². The van der Waals surface area contributed by atoms with Crippen LogP contribution in [0.15, 0.2) is 54.6 Å². The molecule has 0 heterocycles. The highest BCUT2D eigenvalue weighted by Gasteiger charge is 1.99. The summed E-state index contributed by atoms with van der Waals surface area (Å²) >= 11 is 0. The molecule has 0 unspecified atom stereocenters. The van der Waals surface area contributed by atoms with Crippen LogP contribution in [0.2, 0.25) is 0 Å². The highest BCUT2D eigenvalue weighted by Crippen LogP contribution is 2.23. The molecular weight excluding hydrogens is 248 g/mol. The molecule has 20 heavy (non-hydrogen) atoms. The summed E-state index contributed by atoms with van der Waals surface area (Å²) in [4.78, 5) is 10.6. The van der Waals surface area contributed by atoms with Crippen molar-refractivity contribution in [3.05, 3.63) is 65.7 Å². The van der Waals surface area contributed by atoms with Gasteiger partial charge < -0.3 is 4.74 Å². The Bertz CT molecular complexity index is 610. The van der Waals surface area contributed by atoms with Gasteiger partial charge in [0.05, 0.1) is 0 Å². The van der Waals surface area contributed by atoms with Crippen LogP contribution in [0.4, 0.5) is 0 Å². The molecular formula is C18H18O2. The lowest BCUT2D eigenvalue weighted by Crippen LogP contribution is -1.97. The van der Waals surface area contributed by atoms with Crippen molar-refractivity contribution in [1.82, 2.24) is 0 Å². The van der Waals surface area contributed by atoms with Crippen molar-refractivity contribution in [3.63, 3.8) is 0 Å². The van der Waals surface area contributed by atoms with Crippen LogP contribution in [0.3, 0.4) is 0 Å². The van der Waals surface area contributed by atoms with Crippen molar-refractivity contribution in [2.45, 2.75) is 13.8 Å². The van der Waals surface area contributed by atoms with E-state index in [0.717, 1.165) is 5.56 Å². The van der Waals surface area contributed by atoms with Crippen LogP contribution < -0.4 is 0 Å². The standard InChI is InChI=1S/C18H18O2/c1-14-6-3-4-8-18(14)17-11-9-16(10-12-17)7-5-13-20-15(2)19/h3-12H,13H2,1-2H3/b7-5+. The number of esters is 1. The van der Waals surface area contributed by atoms with E-state index in [0.29, 0.717) is 6.61 Å². The Balaban J connectivity index is 2.07. The highest BCUT2D eigenvalue weighted by molar-refractivity contribution is 5.69. The lowest BCUT2D eigenvalue weighted by molar-refractivity contribution is -0.139. The normalized spacial score (nSPS) is 10.7. The molecule has 0 saturated carbocycles. The van der Waals surface area contributed by atoms with Gasteiger partial charge in [0.1, 0.15) is 6.61 Å². The lowest BCUT2D eigenvalue weighted by Gasteiger charge is -2.05. The van der Waals surface area contributed by atoms with Gasteiger partial charge in [0, 0.05) is 6.92 Å². The van der Waals surface area contributed by atoms with Gasteiger partial charge in [0.15, 0.2) is 0 Å². The monoisotopic (exact) mass is 266 g/mol. The van der Waals surface area contributed by atoms with E-state index in [9.17, 15) is 4.79 Å². The zero-order valence-electron chi connectivity index (χ0n) is 11.8. The fourth-order valence-corrected chi connectivity index (χ4v) is 2.02. The molecule has 0 N–H and O–H groups in total. The Morgan fingerprint density at radius 2 is 1.80 bits per heavy atom. The average molecular weight is 266 g/mol. The van der Waals surface area contributed by atoms with Crippen molar-refractivity contribution in [2.24, 2.45) is 0 Å². The third-order valence-electron chi connectivity index (χ3n) is 3.06. The predicted octanol–water partition coefficient (Wildman–Crippen LogP) is 4.24. The molecule has 0 radical (unpaired) electrons. The first-order valence-electron chi connectivity index (χ1n) is 6.63. The van der Waals surface area contributed by atoms with Crippen LogP contribution in [0, 0.1) is 6.92 Å². The van der Waals surface area contributed by atoms with E-state index in [4.69, 9.17) is 4.74 Å². The van der Waals surface area contributed by atoms with Crippen LogP contribution in [0.25, 0.3) is 17.2 Å². The minimum Gasteiger partial charge on any atom is -0.462 e. The molecule has 0 aliphatic heterocycles. The average Bonchev–Trinajstić information content (AvgIpc) is 2.45. The van der Waals surface area contributed by atoms with Crippen molar-refractivity contribution in [2.75, 3.05) is 6.61 Å². The van der Waals surface area contributed by atoms with Gasteiger partial charge in [-0.3, -0.25) is 4.79 Å². The van der Waals surface area contributed by atoms with Gasteiger partial charge in [-0.05, 0) is 35.3 Å². The third-order valence-corrected chi connectivity index (χ3v) is 3.06. The summed E-state index contributed by atoms with van der Waals surface area (Å²) in [5.41, 5.74) is 4.82. The molecule has 2 rings (SSSR count). The number of hydrogen-bond acceptors (Lipinski definition) is 2. The maximum absolute atomic E-state index is 10.6. The summed E-state index contributed by atoms with van der Waals surface area (Å²) in [7, 11) is 0. The summed E-state index contributed by atoms with van der Waals surface area (Å²) in [6.45, 7) is 3.84. The van der Waals surface area contributed by atoms with Crippen LogP contribution in [-0.2, 0) is 9.53 Å². The fraction of sp³-hybridized carbons (Fsp3) is 0.167. The Morgan fingerprint density at radius 3 is 2.45 bits per heavy atom. The molecule has 0 bridgehead atoms. The molecule has 2 aromatic rings. The Hall–Kier alpha value is -2.35. The molecule has 0 aliphatic carbocycles. The number of aryl methyl sites for hydroxylation is 1. The van der Waals surface area contributed by atoms with Gasteiger partial charge in [-0.2, -0.15) is 0 Å². The first-order valence-corrected chi connectivity index (χ1v) is 6.63. The van der Waals surface area contributed by atoms with Crippen molar-refractivity contribution < 1.29 is 9.53 Å². The minimum atomic E-state index is -0.260. The largest absolute Gasteiger partial charge is 0.462 e. The molecule has 2 aromatic carbocycles. The fourth-order valence-electron chi connectivity index (χ4n) is 2.02. The first-order chi connectivity index (χ1) is 9.66. The SMILES string of the molecule is CC(=O)OC/C=C/c1ccc(-c2ccccc2C)cc1. The van der Waals surface area contributed by atoms with E-state index < -0.39 is 0 Å². The number of hydrogen-bond donors (Lipinski definition) is 0. The van der Waals surface area contributed by atoms with Gasteiger partial charge in [-0.1, -0.05) is 54.6 Å². The van der Waals surface area contributed by atoms with E-state index >= 15 is 0 Å². The second-order valence-electron chi connectivity index (χ2n) is 4.64. The number of carbonyl (C=O) groups excluding carboxylic acids is 1. The molecule has 0 spiro atoms. The van der Waals surface area contributed by atoms with Crippen LogP contribution in [0.1, 0.15) is 18.1 Å². The zero-order chi connectivity index (χ0) is 14.4. The number of benzene rings is 2. The van der Waals surface area contributed by atoms with Gasteiger partial charge in [0.25, 0.3) is 0 Å². The number of rotatable bonds is 4. The topological polar surface area (TPSA) is 26.3 Å². The zero-order valence-corrected chi connectivity index (χ0v) is 11.8. The van der Waals surface area contributed by atoms with E-state index in [-0.39, 0.29) is 5.97 Å². The van der Waals surface area contributed by atoms with Gasteiger partial charge in [-0.15, -0.1) is 0 Å². The maximum atomic E-state index is 10.6. The Labute approximate surface area is 119 Å². The number of ether oxygens (including phenoxy) is 1. The van der Waals surface area contributed by atoms with E-state index in [1.54, 1.807) is 0 Å². The maximum Gasteiger partial charge on any atom is 0.302 e. The summed E-state index contributed by atoms with van der Waals surface area (Å²) < 4.78 is 4.85. The van der Waals surface area contributed by atoms with Crippen molar-refractivity contribution >= 4 is 12.0 Å². The van der Waals surface area contributed by atoms with Gasteiger partial charge in [-0.25, -0.2) is 0 Å². The van der Waals surface area contributed by atoms with E-state index in [1.807, 2.05) is 18.2 Å². The molecule has 0 saturated heterocycles. The molecule has 0 fully saturated rings. The van der Waals surface area contributed by atoms with Gasteiger partial charge in [0.2, 0.25) is 0 Å². The number of carbonyl (C=O) groups is 1. The summed E-state index contributed by atoms with van der Waals surface area (Å²) in [6, 6.07) is 16.7. The van der Waals surface area contributed by atoms with Crippen LogP contribution >= 0.6 is 0 Å². The molecule has 0 aliphatic rings. The van der Waals surface area contributed by atoms with Crippen molar-refractivity contribution in [1.29, 1.82) is 0 Å².